The lowest BCUT2D eigenvalue weighted by molar-refractivity contribution is 0.1000. The van der Waals surface area contributed by atoms with Crippen LogP contribution in [-0.2, 0) is 9.84 Å². The van der Waals surface area contributed by atoms with Crippen LogP contribution in [0.4, 0.5) is 0 Å². The van der Waals surface area contributed by atoms with Crippen LogP contribution in [0.25, 0.3) is 5.57 Å². The molecule has 1 fully saturated rings. The smallest absolute Gasteiger partial charge is 0.249 e. The molecule has 2 aliphatic rings. The molecule has 1 amide bonds. The van der Waals surface area contributed by atoms with Gasteiger partial charge in [-0.05, 0) is 80.3 Å². The molecule has 148 valence electrons. The highest BCUT2D eigenvalue weighted by Crippen LogP contribution is 2.34. The van der Waals surface area contributed by atoms with Gasteiger partial charge in [-0.1, -0.05) is 18.2 Å². The first-order valence-corrected chi connectivity index (χ1v) is 11.9. The SMILES string of the molecule is CS(=O)(=O)CCN1CCC(c2ccc(C(N)=O)c(C3=CCCCC3)c2)CC1. The Balaban J connectivity index is 1.72. The van der Waals surface area contributed by atoms with Crippen molar-refractivity contribution < 1.29 is 13.2 Å². The van der Waals surface area contributed by atoms with Crippen LogP contribution in [0.15, 0.2) is 24.3 Å². The van der Waals surface area contributed by atoms with Crippen molar-refractivity contribution in [2.45, 2.75) is 44.4 Å². The van der Waals surface area contributed by atoms with Crippen molar-refractivity contribution >= 4 is 21.3 Å². The highest BCUT2D eigenvalue weighted by Gasteiger charge is 2.23. The molecule has 1 aromatic rings. The van der Waals surface area contributed by atoms with Gasteiger partial charge in [0.2, 0.25) is 5.91 Å². The standard InChI is InChI=1S/C21H30N2O3S/c1-27(25,26)14-13-23-11-9-16(10-12-23)18-7-8-19(21(22)24)20(15-18)17-5-3-2-4-6-17/h5,7-8,15-16H,2-4,6,9-14H2,1H3,(H2,22,24). The van der Waals surface area contributed by atoms with E-state index in [0.717, 1.165) is 50.8 Å². The summed E-state index contributed by atoms with van der Waals surface area (Å²) in [4.78, 5) is 14.1. The second-order valence-electron chi connectivity index (χ2n) is 7.89. The lowest BCUT2D eigenvalue weighted by Crippen LogP contribution is -2.36. The number of piperidine rings is 1. The molecule has 1 aliphatic carbocycles. The molecule has 1 aliphatic heterocycles. The number of rotatable bonds is 6. The van der Waals surface area contributed by atoms with E-state index in [9.17, 15) is 13.2 Å². The van der Waals surface area contributed by atoms with Crippen LogP contribution < -0.4 is 5.73 Å². The Morgan fingerprint density at radius 3 is 2.56 bits per heavy atom. The number of primary amides is 1. The van der Waals surface area contributed by atoms with Gasteiger partial charge in [0, 0.05) is 18.4 Å². The zero-order valence-corrected chi connectivity index (χ0v) is 16.9. The lowest BCUT2D eigenvalue weighted by Gasteiger charge is -2.32. The maximum Gasteiger partial charge on any atom is 0.249 e. The van der Waals surface area contributed by atoms with Crippen LogP contribution in [0.1, 0.15) is 65.9 Å². The van der Waals surface area contributed by atoms with E-state index in [0.29, 0.717) is 18.0 Å². The average molecular weight is 391 g/mol. The average Bonchev–Trinajstić information content (AvgIpc) is 2.66. The summed E-state index contributed by atoms with van der Waals surface area (Å²) < 4.78 is 22.7. The molecule has 1 heterocycles. The third kappa shape index (κ3) is 5.42. The zero-order valence-electron chi connectivity index (χ0n) is 16.1. The van der Waals surface area contributed by atoms with Gasteiger partial charge in [-0.3, -0.25) is 4.79 Å². The number of nitrogens with two attached hydrogens (primary N) is 1. The monoisotopic (exact) mass is 390 g/mol. The molecule has 1 saturated heterocycles. The molecule has 0 aromatic heterocycles. The summed E-state index contributed by atoms with van der Waals surface area (Å²) in [7, 11) is -2.91. The number of hydrogen-bond donors (Lipinski definition) is 1. The van der Waals surface area contributed by atoms with E-state index in [2.05, 4.69) is 17.0 Å². The van der Waals surface area contributed by atoms with Crippen LogP contribution in [0.3, 0.4) is 0 Å². The quantitative estimate of drug-likeness (QED) is 0.810. The highest BCUT2D eigenvalue weighted by molar-refractivity contribution is 7.90. The number of sulfone groups is 1. The van der Waals surface area contributed by atoms with E-state index in [1.165, 1.54) is 23.8 Å². The lowest BCUT2D eigenvalue weighted by atomic mass is 9.84. The summed E-state index contributed by atoms with van der Waals surface area (Å²) in [5, 5.41) is 0. The van der Waals surface area contributed by atoms with Gasteiger partial charge in [-0.25, -0.2) is 8.42 Å². The topological polar surface area (TPSA) is 80.5 Å². The van der Waals surface area contributed by atoms with E-state index in [1.54, 1.807) is 0 Å². The second-order valence-corrected chi connectivity index (χ2v) is 10.1. The first-order chi connectivity index (χ1) is 12.8. The number of amides is 1. The van der Waals surface area contributed by atoms with Crippen LogP contribution >= 0.6 is 0 Å². The molecule has 2 N–H and O–H groups in total. The summed E-state index contributed by atoms with van der Waals surface area (Å²) in [6.45, 7) is 2.44. The molecular weight excluding hydrogens is 360 g/mol. The van der Waals surface area contributed by atoms with Gasteiger partial charge in [0.25, 0.3) is 0 Å². The molecule has 0 spiro atoms. The fourth-order valence-electron chi connectivity index (χ4n) is 4.16. The van der Waals surface area contributed by atoms with Gasteiger partial charge in [-0.2, -0.15) is 0 Å². The molecule has 0 unspecified atom stereocenters. The van der Waals surface area contributed by atoms with Crippen LogP contribution in [0.5, 0.6) is 0 Å². The molecule has 1 aromatic carbocycles. The van der Waals surface area contributed by atoms with Crippen LogP contribution in [0, 0.1) is 0 Å². The number of likely N-dealkylation sites (tertiary alicyclic amines) is 1. The van der Waals surface area contributed by atoms with Crippen molar-refractivity contribution in [1.82, 2.24) is 4.90 Å². The molecule has 0 bridgehead atoms. The Kier molecular flexibility index (Phi) is 6.37. The maximum atomic E-state index is 11.9. The highest BCUT2D eigenvalue weighted by atomic mass is 32.2. The van der Waals surface area contributed by atoms with E-state index in [1.807, 2.05) is 12.1 Å². The Hall–Kier alpha value is -1.66. The first kappa shape index (κ1) is 20.1. The first-order valence-electron chi connectivity index (χ1n) is 9.87. The minimum atomic E-state index is -2.91. The van der Waals surface area contributed by atoms with Crippen molar-refractivity contribution in [3.63, 3.8) is 0 Å². The van der Waals surface area contributed by atoms with E-state index in [-0.39, 0.29) is 11.7 Å². The molecule has 0 saturated carbocycles. The van der Waals surface area contributed by atoms with E-state index < -0.39 is 9.84 Å². The predicted octanol–water partition coefficient (Wildman–Crippen LogP) is 2.97. The zero-order chi connectivity index (χ0) is 19.4. The normalized spacial score (nSPS) is 19.7. The molecule has 5 nitrogen and oxygen atoms in total. The summed E-state index contributed by atoms with van der Waals surface area (Å²) in [5.41, 5.74) is 9.77. The van der Waals surface area contributed by atoms with Gasteiger partial charge >= 0.3 is 0 Å². The number of nitrogens with zero attached hydrogens (tertiary/aromatic N) is 1. The number of allylic oxidation sites excluding steroid dienone is 2. The Labute approximate surface area is 162 Å². The van der Waals surface area contributed by atoms with E-state index >= 15 is 0 Å². The van der Waals surface area contributed by atoms with Crippen molar-refractivity contribution in [3.05, 3.63) is 41.0 Å². The van der Waals surface area contributed by atoms with E-state index in [4.69, 9.17) is 5.73 Å². The summed E-state index contributed by atoms with van der Waals surface area (Å²) in [6, 6.07) is 6.11. The van der Waals surface area contributed by atoms with Crippen LogP contribution in [0.2, 0.25) is 0 Å². The number of carbonyl (C=O) groups excluding carboxylic acids is 1. The van der Waals surface area contributed by atoms with Gasteiger partial charge in [0.15, 0.2) is 0 Å². The number of hydrogen-bond acceptors (Lipinski definition) is 4. The fraction of sp³-hybridized carbons (Fsp3) is 0.571. The number of carbonyl (C=O) groups is 1. The minimum absolute atomic E-state index is 0.225. The van der Waals surface area contributed by atoms with Gasteiger partial charge in [-0.15, -0.1) is 0 Å². The molecule has 27 heavy (non-hydrogen) atoms. The van der Waals surface area contributed by atoms with Crippen molar-refractivity contribution in [1.29, 1.82) is 0 Å². The predicted molar refractivity (Wildman–Crippen MR) is 110 cm³/mol. The molecule has 6 heteroatoms. The van der Waals surface area contributed by atoms with Crippen molar-refractivity contribution in [2.75, 3.05) is 31.6 Å². The summed E-state index contributed by atoms with van der Waals surface area (Å²) >= 11 is 0. The van der Waals surface area contributed by atoms with Crippen molar-refractivity contribution in [3.8, 4) is 0 Å². The Bertz CT molecular complexity index is 822. The summed E-state index contributed by atoms with van der Waals surface area (Å²) in [6.07, 6.45) is 10.0. The third-order valence-electron chi connectivity index (χ3n) is 5.78. The Morgan fingerprint density at radius 1 is 1.22 bits per heavy atom. The third-order valence-corrected chi connectivity index (χ3v) is 6.71. The largest absolute Gasteiger partial charge is 0.366 e. The summed E-state index contributed by atoms with van der Waals surface area (Å²) in [5.74, 6) is 0.312. The fourth-order valence-corrected chi connectivity index (χ4v) is 4.75. The minimum Gasteiger partial charge on any atom is -0.366 e. The van der Waals surface area contributed by atoms with Gasteiger partial charge in [0.05, 0.1) is 5.75 Å². The number of benzene rings is 1. The molecule has 3 rings (SSSR count). The molecule has 0 atom stereocenters. The second kappa shape index (κ2) is 8.57. The van der Waals surface area contributed by atoms with Gasteiger partial charge < -0.3 is 10.6 Å². The molecular formula is C21H30N2O3S. The maximum absolute atomic E-state index is 11.9. The Morgan fingerprint density at radius 2 is 1.96 bits per heavy atom. The van der Waals surface area contributed by atoms with Gasteiger partial charge in [0.1, 0.15) is 9.84 Å². The van der Waals surface area contributed by atoms with Crippen molar-refractivity contribution in [2.24, 2.45) is 5.73 Å². The van der Waals surface area contributed by atoms with Crippen LogP contribution in [-0.4, -0.2) is 50.9 Å². The molecule has 0 radical (unpaired) electrons.